The van der Waals surface area contributed by atoms with Gasteiger partial charge in [0.05, 0.1) is 0 Å². The second-order valence-electron chi connectivity index (χ2n) is 3.97. The minimum Gasteiger partial charge on any atom is -0.477 e. The maximum absolute atomic E-state index is 10.6. The van der Waals surface area contributed by atoms with Crippen LogP contribution in [-0.4, -0.2) is 16.1 Å². The molecule has 14 heavy (non-hydrogen) atoms. The molecular formula is C11H15NO2. The molecule has 0 atom stereocenters. The molecule has 76 valence electrons. The molecule has 1 rings (SSSR count). The fourth-order valence-electron chi connectivity index (χ4n) is 1.12. The second-order valence-corrected chi connectivity index (χ2v) is 3.97. The summed E-state index contributed by atoms with van der Waals surface area (Å²) >= 11 is 0. The zero-order chi connectivity index (χ0) is 10.8. The van der Waals surface area contributed by atoms with Crippen LogP contribution in [0, 0.1) is 0 Å². The van der Waals surface area contributed by atoms with Gasteiger partial charge in [-0.3, -0.25) is 0 Å². The number of hydrogen-bond acceptors (Lipinski definition) is 2. The quantitative estimate of drug-likeness (QED) is 0.802. The van der Waals surface area contributed by atoms with Crippen molar-refractivity contribution in [2.24, 2.45) is 0 Å². The van der Waals surface area contributed by atoms with Crippen LogP contribution in [-0.2, 0) is 5.41 Å². The van der Waals surface area contributed by atoms with E-state index < -0.39 is 5.97 Å². The van der Waals surface area contributed by atoms with Crippen LogP contribution >= 0.6 is 0 Å². The Kier molecular flexibility index (Phi) is 2.89. The van der Waals surface area contributed by atoms with Gasteiger partial charge >= 0.3 is 5.97 Å². The third-order valence-electron chi connectivity index (χ3n) is 2.65. The molecule has 0 aliphatic rings. The minimum atomic E-state index is -0.981. The van der Waals surface area contributed by atoms with E-state index in [0.29, 0.717) is 0 Å². The van der Waals surface area contributed by atoms with Crippen LogP contribution in [0.1, 0.15) is 43.2 Å². The van der Waals surface area contributed by atoms with Crippen molar-refractivity contribution in [1.82, 2.24) is 4.98 Å². The first-order valence-electron chi connectivity index (χ1n) is 4.67. The van der Waals surface area contributed by atoms with Crippen molar-refractivity contribution in [3.05, 3.63) is 29.6 Å². The summed E-state index contributed by atoms with van der Waals surface area (Å²) in [5.74, 6) is -0.981. The van der Waals surface area contributed by atoms with Gasteiger partial charge in [-0.1, -0.05) is 26.8 Å². The first-order chi connectivity index (χ1) is 6.47. The number of rotatable bonds is 3. The minimum absolute atomic E-state index is 0.0596. The van der Waals surface area contributed by atoms with Gasteiger partial charge in [0.15, 0.2) is 0 Å². The van der Waals surface area contributed by atoms with E-state index in [2.05, 4.69) is 25.8 Å². The summed E-state index contributed by atoms with van der Waals surface area (Å²) in [6.45, 7) is 6.33. The molecule has 0 bridgehead atoms. The van der Waals surface area contributed by atoms with E-state index in [1.165, 1.54) is 0 Å². The first-order valence-corrected chi connectivity index (χ1v) is 4.67. The van der Waals surface area contributed by atoms with E-state index in [9.17, 15) is 4.79 Å². The number of carboxylic acids is 1. The Labute approximate surface area is 83.8 Å². The predicted molar refractivity (Wildman–Crippen MR) is 54.5 cm³/mol. The molecule has 1 aromatic heterocycles. The van der Waals surface area contributed by atoms with E-state index in [-0.39, 0.29) is 11.1 Å². The predicted octanol–water partition coefficient (Wildman–Crippen LogP) is 2.47. The fourth-order valence-corrected chi connectivity index (χ4v) is 1.12. The molecule has 0 saturated carbocycles. The average Bonchev–Trinajstić information content (AvgIpc) is 2.18. The summed E-state index contributed by atoms with van der Waals surface area (Å²) in [5, 5.41) is 8.67. The Morgan fingerprint density at radius 1 is 1.50 bits per heavy atom. The van der Waals surface area contributed by atoms with Gasteiger partial charge in [0.1, 0.15) is 5.69 Å². The first kappa shape index (κ1) is 10.7. The monoisotopic (exact) mass is 193 g/mol. The van der Waals surface area contributed by atoms with Crippen molar-refractivity contribution in [2.75, 3.05) is 0 Å². The van der Waals surface area contributed by atoms with Crippen molar-refractivity contribution in [3.8, 4) is 0 Å². The highest BCUT2D eigenvalue weighted by Gasteiger charge is 2.18. The topological polar surface area (TPSA) is 50.2 Å². The van der Waals surface area contributed by atoms with Crippen LogP contribution in [0.15, 0.2) is 18.3 Å². The molecule has 0 aliphatic carbocycles. The van der Waals surface area contributed by atoms with E-state index in [0.717, 1.165) is 12.0 Å². The SMILES string of the molecule is CCC(C)(C)c1ccc(C(=O)O)nc1. The molecule has 0 aromatic carbocycles. The number of pyridine rings is 1. The van der Waals surface area contributed by atoms with Crippen molar-refractivity contribution < 1.29 is 9.90 Å². The summed E-state index contributed by atoms with van der Waals surface area (Å²) < 4.78 is 0. The third-order valence-corrected chi connectivity index (χ3v) is 2.65. The Hall–Kier alpha value is -1.38. The third kappa shape index (κ3) is 2.10. The van der Waals surface area contributed by atoms with Crippen LogP contribution in [0.4, 0.5) is 0 Å². The Bertz CT molecular complexity index is 328. The second kappa shape index (κ2) is 3.78. The van der Waals surface area contributed by atoms with Crippen LogP contribution in [0.25, 0.3) is 0 Å². The maximum Gasteiger partial charge on any atom is 0.354 e. The maximum atomic E-state index is 10.6. The molecule has 0 fully saturated rings. The molecule has 0 saturated heterocycles. The highest BCUT2D eigenvalue weighted by Crippen LogP contribution is 2.25. The fraction of sp³-hybridized carbons (Fsp3) is 0.455. The zero-order valence-corrected chi connectivity index (χ0v) is 8.74. The lowest BCUT2D eigenvalue weighted by Gasteiger charge is -2.22. The molecule has 0 spiro atoms. The van der Waals surface area contributed by atoms with Gasteiger partial charge in [0.2, 0.25) is 0 Å². The average molecular weight is 193 g/mol. The molecule has 0 unspecified atom stereocenters. The Morgan fingerprint density at radius 2 is 2.14 bits per heavy atom. The van der Waals surface area contributed by atoms with Gasteiger partial charge < -0.3 is 5.11 Å². The van der Waals surface area contributed by atoms with Gasteiger partial charge in [-0.15, -0.1) is 0 Å². The molecule has 0 aliphatic heterocycles. The van der Waals surface area contributed by atoms with Gasteiger partial charge in [0, 0.05) is 6.20 Å². The smallest absolute Gasteiger partial charge is 0.354 e. The number of hydrogen-bond donors (Lipinski definition) is 1. The summed E-state index contributed by atoms with van der Waals surface area (Å²) in [5.41, 5.74) is 1.23. The zero-order valence-electron chi connectivity index (χ0n) is 8.74. The summed E-state index contributed by atoms with van der Waals surface area (Å²) in [7, 11) is 0. The van der Waals surface area contributed by atoms with E-state index in [1.54, 1.807) is 12.3 Å². The molecule has 3 nitrogen and oxygen atoms in total. The van der Waals surface area contributed by atoms with E-state index in [1.807, 2.05) is 6.07 Å². The number of carbonyl (C=O) groups is 1. The molecule has 1 heterocycles. The molecule has 3 heteroatoms. The molecule has 0 radical (unpaired) electrons. The van der Waals surface area contributed by atoms with E-state index in [4.69, 9.17) is 5.11 Å². The van der Waals surface area contributed by atoms with Gasteiger partial charge in [-0.05, 0) is 23.5 Å². The molecular weight excluding hydrogens is 178 g/mol. The van der Waals surface area contributed by atoms with Crippen LogP contribution in [0.2, 0.25) is 0 Å². The highest BCUT2D eigenvalue weighted by molar-refractivity contribution is 5.85. The number of aromatic nitrogens is 1. The number of aromatic carboxylic acids is 1. The van der Waals surface area contributed by atoms with Crippen molar-refractivity contribution in [1.29, 1.82) is 0 Å². The van der Waals surface area contributed by atoms with Gasteiger partial charge in [0.25, 0.3) is 0 Å². The lowest BCUT2D eigenvalue weighted by Crippen LogP contribution is -2.16. The Balaban J connectivity index is 2.99. The van der Waals surface area contributed by atoms with Gasteiger partial charge in [-0.25, -0.2) is 9.78 Å². The molecule has 0 amide bonds. The standard InChI is InChI=1S/C11H15NO2/c1-4-11(2,3)8-5-6-9(10(13)14)12-7-8/h5-7H,4H2,1-3H3,(H,13,14). The van der Waals surface area contributed by atoms with Crippen molar-refractivity contribution >= 4 is 5.97 Å². The van der Waals surface area contributed by atoms with E-state index >= 15 is 0 Å². The largest absolute Gasteiger partial charge is 0.477 e. The highest BCUT2D eigenvalue weighted by atomic mass is 16.4. The summed E-state index contributed by atoms with van der Waals surface area (Å²) in [6, 6.07) is 3.38. The lowest BCUT2D eigenvalue weighted by atomic mass is 9.83. The molecule has 1 N–H and O–H groups in total. The normalized spacial score (nSPS) is 11.4. The number of carboxylic acid groups (broad SMARTS) is 1. The van der Waals surface area contributed by atoms with Crippen molar-refractivity contribution in [3.63, 3.8) is 0 Å². The summed E-state index contributed by atoms with van der Waals surface area (Å²) in [4.78, 5) is 14.5. The number of nitrogens with zero attached hydrogens (tertiary/aromatic N) is 1. The van der Waals surface area contributed by atoms with Gasteiger partial charge in [-0.2, -0.15) is 0 Å². The van der Waals surface area contributed by atoms with Crippen molar-refractivity contribution in [2.45, 2.75) is 32.6 Å². The Morgan fingerprint density at radius 3 is 2.50 bits per heavy atom. The van der Waals surface area contributed by atoms with Crippen LogP contribution < -0.4 is 0 Å². The van der Waals surface area contributed by atoms with Crippen LogP contribution in [0.5, 0.6) is 0 Å². The van der Waals surface area contributed by atoms with Crippen LogP contribution in [0.3, 0.4) is 0 Å². The lowest BCUT2D eigenvalue weighted by molar-refractivity contribution is 0.0690. The summed E-state index contributed by atoms with van der Waals surface area (Å²) in [6.07, 6.45) is 2.65. The molecule has 1 aromatic rings.